The average molecular weight is 286 g/mol. The van der Waals surface area contributed by atoms with E-state index in [1.807, 2.05) is 0 Å². The molecular formula is C17H34O3. The molecule has 0 amide bonds. The summed E-state index contributed by atoms with van der Waals surface area (Å²) in [6, 6.07) is 0. The van der Waals surface area contributed by atoms with E-state index in [2.05, 4.69) is 55.4 Å². The standard InChI is InChI=1S/C17H34O3/c1-9-10-13(2)15(3,4)17(7,8)16(5,6)14-11-12-18-20-19-14/h13-14H,9-12H2,1-8H3. The number of hydrogen-bond acceptors (Lipinski definition) is 3. The largest absolute Gasteiger partial charge is 0.206 e. The Balaban J connectivity index is 2.99. The lowest BCUT2D eigenvalue weighted by Crippen LogP contribution is -2.54. The zero-order valence-electron chi connectivity index (χ0n) is 14.7. The Kier molecular flexibility index (Phi) is 5.67. The molecule has 0 aliphatic carbocycles. The van der Waals surface area contributed by atoms with E-state index in [0.29, 0.717) is 12.5 Å². The molecule has 0 radical (unpaired) electrons. The van der Waals surface area contributed by atoms with Crippen molar-refractivity contribution in [1.29, 1.82) is 0 Å². The highest BCUT2D eigenvalue weighted by Crippen LogP contribution is 2.58. The Hall–Kier alpha value is -0.120. The second-order valence-electron chi connectivity index (χ2n) is 8.02. The van der Waals surface area contributed by atoms with Crippen molar-refractivity contribution < 1.29 is 14.8 Å². The molecule has 0 spiro atoms. The lowest BCUT2D eigenvalue weighted by molar-refractivity contribution is -0.559. The van der Waals surface area contributed by atoms with Crippen LogP contribution in [0.3, 0.4) is 0 Å². The summed E-state index contributed by atoms with van der Waals surface area (Å²) in [4.78, 5) is 10.3. The molecule has 1 aliphatic rings. The lowest BCUT2D eigenvalue weighted by Gasteiger charge is -2.57. The fourth-order valence-corrected chi connectivity index (χ4v) is 3.44. The van der Waals surface area contributed by atoms with E-state index >= 15 is 0 Å². The van der Waals surface area contributed by atoms with Gasteiger partial charge in [0.15, 0.2) is 0 Å². The van der Waals surface area contributed by atoms with Gasteiger partial charge in [0.05, 0.1) is 6.61 Å². The molecule has 3 heteroatoms. The Morgan fingerprint density at radius 3 is 2.15 bits per heavy atom. The van der Waals surface area contributed by atoms with Crippen LogP contribution in [0.4, 0.5) is 0 Å². The first kappa shape index (κ1) is 17.9. The zero-order valence-corrected chi connectivity index (χ0v) is 14.7. The first-order valence-electron chi connectivity index (χ1n) is 8.04. The summed E-state index contributed by atoms with van der Waals surface area (Å²) in [6.45, 7) is 19.4. The molecule has 1 rings (SSSR count). The summed E-state index contributed by atoms with van der Waals surface area (Å²) in [7, 11) is 0. The SMILES string of the molecule is CCCC(C)C(C)(C)C(C)(C)C(C)(C)C1CCOOO1. The van der Waals surface area contributed by atoms with Crippen LogP contribution in [0, 0.1) is 22.2 Å². The van der Waals surface area contributed by atoms with Crippen LogP contribution in [0.15, 0.2) is 0 Å². The smallest absolute Gasteiger partial charge is 0.104 e. The molecular weight excluding hydrogens is 252 g/mol. The van der Waals surface area contributed by atoms with Crippen LogP contribution < -0.4 is 0 Å². The molecule has 1 heterocycles. The van der Waals surface area contributed by atoms with E-state index in [4.69, 9.17) is 14.8 Å². The maximum atomic E-state index is 5.44. The van der Waals surface area contributed by atoms with Gasteiger partial charge in [-0.05, 0) is 22.2 Å². The van der Waals surface area contributed by atoms with Crippen molar-refractivity contribution in [2.45, 2.75) is 80.8 Å². The van der Waals surface area contributed by atoms with Crippen LogP contribution in [-0.2, 0) is 14.8 Å². The van der Waals surface area contributed by atoms with Crippen molar-refractivity contribution >= 4 is 0 Å². The Morgan fingerprint density at radius 1 is 1.10 bits per heavy atom. The van der Waals surface area contributed by atoms with Gasteiger partial charge >= 0.3 is 0 Å². The normalized spacial score (nSPS) is 23.7. The lowest BCUT2D eigenvalue weighted by atomic mass is 9.49. The molecule has 0 aromatic rings. The highest BCUT2D eigenvalue weighted by atomic mass is 17.5. The molecule has 20 heavy (non-hydrogen) atoms. The van der Waals surface area contributed by atoms with E-state index in [9.17, 15) is 0 Å². The van der Waals surface area contributed by atoms with Crippen molar-refractivity contribution in [3.8, 4) is 0 Å². The summed E-state index contributed by atoms with van der Waals surface area (Å²) in [5, 5.41) is 4.78. The molecule has 120 valence electrons. The third-order valence-electron chi connectivity index (χ3n) is 6.65. The van der Waals surface area contributed by atoms with Gasteiger partial charge in [0, 0.05) is 6.42 Å². The van der Waals surface area contributed by atoms with Crippen molar-refractivity contribution in [2.75, 3.05) is 6.61 Å². The summed E-state index contributed by atoms with van der Waals surface area (Å²) >= 11 is 0. The van der Waals surface area contributed by atoms with Gasteiger partial charge in [0.1, 0.15) is 6.10 Å². The molecule has 2 unspecified atom stereocenters. The zero-order chi connectivity index (χ0) is 15.6. The van der Waals surface area contributed by atoms with Gasteiger partial charge < -0.3 is 0 Å². The van der Waals surface area contributed by atoms with Crippen LogP contribution >= 0.6 is 0 Å². The van der Waals surface area contributed by atoms with E-state index in [0.717, 1.165) is 6.42 Å². The molecule has 0 aromatic carbocycles. The monoisotopic (exact) mass is 286 g/mol. The van der Waals surface area contributed by atoms with Gasteiger partial charge in [-0.25, -0.2) is 9.78 Å². The molecule has 3 nitrogen and oxygen atoms in total. The fourth-order valence-electron chi connectivity index (χ4n) is 3.44. The highest BCUT2D eigenvalue weighted by Gasteiger charge is 2.54. The van der Waals surface area contributed by atoms with Gasteiger partial charge in [0.2, 0.25) is 0 Å². The van der Waals surface area contributed by atoms with Crippen molar-refractivity contribution in [3.05, 3.63) is 0 Å². The van der Waals surface area contributed by atoms with Gasteiger partial charge in [-0.15, -0.1) is 0 Å². The minimum absolute atomic E-state index is 0.00226. The molecule has 0 N–H and O–H groups in total. The van der Waals surface area contributed by atoms with Crippen molar-refractivity contribution in [1.82, 2.24) is 0 Å². The van der Waals surface area contributed by atoms with E-state index in [1.54, 1.807) is 0 Å². The maximum absolute atomic E-state index is 5.44. The third kappa shape index (κ3) is 3.05. The third-order valence-corrected chi connectivity index (χ3v) is 6.65. The predicted octanol–water partition coefficient (Wildman–Crippen LogP) is 5.15. The van der Waals surface area contributed by atoms with Gasteiger partial charge in [-0.2, -0.15) is 0 Å². The second-order valence-corrected chi connectivity index (χ2v) is 8.02. The first-order chi connectivity index (χ1) is 9.09. The van der Waals surface area contributed by atoms with Gasteiger partial charge in [-0.1, -0.05) is 73.3 Å². The highest BCUT2D eigenvalue weighted by molar-refractivity contribution is 5.01. The van der Waals surface area contributed by atoms with Crippen molar-refractivity contribution in [3.63, 3.8) is 0 Å². The van der Waals surface area contributed by atoms with Crippen LogP contribution in [0.25, 0.3) is 0 Å². The Morgan fingerprint density at radius 2 is 1.70 bits per heavy atom. The minimum atomic E-state index is 0.00226. The topological polar surface area (TPSA) is 27.7 Å². The van der Waals surface area contributed by atoms with Gasteiger partial charge in [-0.3, -0.25) is 0 Å². The first-order valence-corrected chi connectivity index (χ1v) is 8.04. The molecule has 0 bridgehead atoms. The van der Waals surface area contributed by atoms with E-state index in [-0.39, 0.29) is 22.3 Å². The van der Waals surface area contributed by atoms with Crippen LogP contribution in [0.1, 0.15) is 74.7 Å². The molecule has 0 aromatic heterocycles. The summed E-state index contributed by atoms with van der Waals surface area (Å²) in [5.74, 6) is 0.669. The van der Waals surface area contributed by atoms with Crippen LogP contribution in [0.2, 0.25) is 0 Å². The quantitative estimate of drug-likeness (QED) is 0.632. The Labute approximate surface area is 125 Å². The van der Waals surface area contributed by atoms with E-state index in [1.165, 1.54) is 12.8 Å². The minimum Gasteiger partial charge on any atom is -0.206 e. The summed E-state index contributed by atoms with van der Waals surface area (Å²) in [5.41, 5.74) is 0.330. The van der Waals surface area contributed by atoms with Crippen LogP contribution in [0.5, 0.6) is 0 Å². The molecule has 1 fully saturated rings. The summed E-state index contributed by atoms with van der Waals surface area (Å²) < 4.78 is 0. The Bertz CT molecular complexity index is 301. The van der Waals surface area contributed by atoms with Gasteiger partial charge in [0.25, 0.3) is 0 Å². The molecule has 0 saturated carbocycles. The van der Waals surface area contributed by atoms with E-state index < -0.39 is 0 Å². The average Bonchev–Trinajstić information content (AvgIpc) is 2.39. The molecule has 2 atom stereocenters. The van der Waals surface area contributed by atoms with Crippen molar-refractivity contribution in [2.24, 2.45) is 22.2 Å². The number of rotatable bonds is 6. The van der Waals surface area contributed by atoms with Crippen LogP contribution in [-0.4, -0.2) is 12.7 Å². The predicted molar refractivity (Wildman–Crippen MR) is 81.9 cm³/mol. The fraction of sp³-hybridized carbons (Fsp3) is 1.00. The summed E-state index contributed by atoms with van der Waals surface area (Å²) in [6.07, 6.45) is 3.45. The molecule has 1 saturated heterocycles. The maximum Gasteiger partial charge on any atom is 0.104 e. The number of hydrogen-bond donors (Lipinski definition) is 0. The second kappa shape index (κ2) is 6.33. The molecule has 1 aliphatic heterocycles.